The van der Waals surface area contributed by atoms with Crippen molar-refractivity contribution in [3.63, 3.8) is 0 Å². The third-order valence-corrected chi connectivity index (χ3v) is 4.25. The Morgan fingerprint density at radius 2 is 1.89 bits per heavy atom. The smallest absolute Gasteiger partial charge is 0.406 e. The van der Waals surface area contributed by atoms with E-state index >= 15 is 0 Å². The summed E-state index contributed by atoms with van der Waals surface area (Å²) in [5.41, 5.74) is 0.659. The Kier molecular flexibility index (Phi) is 4.86. The SMILES string of the molecule is CN1CCOB(c2cccc(S(=O)(=O)Cl)c2)OCC1. The van der Waals surface area contributed by atoms with Crippen molar-refractivity contribution < 1.29 is 17.7 Å². The molecule has 0 amide bonds. The quantitative estimate of drug-likeness (QED) is 0.580. The molecule has 0 atom stereocenters. The second kappa shape index (κ2) is 6.24. The normalized spacial score (nSPS) is 18.9. The van der Waals surface area contributed by atoms with Crippen LogP contribution in [-0.2, 0) is 18.4 Å². The van der Waals surface area contributed by atoms with Gasteiger partial charge in [0.05, 0.1) is 4.90 Å². The van der Waals surface area contributed by atoms with Gasteiger partial charge in [-0.3, -0.25) is 0 Å². The van der Waals surface area contributed by atoms with Crippen LogP contribution in [0.4, 0.5) is 0 Å². The van der Waals surface area contributed by atoms with Gasteiger partial charge in [-0.05, 0) is 24.6 Å². The van der Waals surface area contributed by atoms with Crippen molar-refractivity contribution in [3.8, 4) is 0 Å². The minimum absolute atomic E-state index is 0.0537. The van der Waals surface area contributed by atoms with Crippen molar-refractivity contribution in [2.24, 2.45) is 0 Å². The van der Waals surface area contributed by atoms with E-state index in [1.54, 1.807) is 12.1 Å². The molecule has 1 aromatic carbocycles. The maximum atomic E-state index is 11.3. The molecule has 1 heterocycles. The molecule has 0 spiro atoms. The number of halogens is 1. The lowest BCUT2D eigenvalue weighted by atomic mass is 9.79. The van der Waals surface area contributed by atoms with Crippen LogP contribution in [0.3, 0.4) is 0 Å². The molecule has 0 N–H and O–H groups in total. The number of nitrogens with zero attached hydrogens (tertiary/aromatic N) is 1. The van der Waals surface area contributed by atoms with Crippen LogP contribution in [-0.4, -0.2) is 53.8 Å². The van der Waals surface area contributed by atoms with E-state index in [-0.39, 0.29) is 4.90 Å². The summed E-state index contributed by atoms with van der Waals surface area (Å²) in [5.74, 6) is 0. The van der Waals surface area contributed by atoms with Crippen molar-refractivity contribution in [2.45, 2.75) is 4.90 Å². The van der Waals surface area contributed by atoms with Gasteiger partial charge in [0.1, 0.15) is 0 Å². The minimum atomic E-state index is -3.74. The zero-order chi connectivity index (χ0) is 13.9. The molecule has 104 valence electrons. The van der Waals surface area contributed by atoms with Crippen molar-refractivity contribution >= 4 is 32.3 Å². The molecule has 1 fully saturated rings. The first-order chi connectivity index (χ1) is 8.97. The van der Waals surface area contributed by atoms with Crippen LogP contribution in [0.5, 0.6) is 0 Å². The Morgan fingerprint density at radius 1 is 1.26 bits per heavy atom. The van der Waals surface area contributed by atoms with Gasteiger partial charge in [0, 0.05) is 37.0 Å². The van der Waals surface area contributed by atoms with Crippen LogP contribution in [0.2, 0.25) is 0 Å². The van der Waals surface area contributed by atoms with Gasteiger partial charge >= 0.3 is 7.12 Å². The minimum Gasteiger partial charge on any atom is -0.406 e. The molecule has 1 aromatic rings. The largest absolute Gasteiger partial charge is 0.493 e. The summed E-state index contributed by atoms with van der Waals surface area (Å²) in [6.45, 7) is 2.68. The first kappa shape index (κ1) is 14.8. The third-order valence-electron chi connectivity index (χ3n) is 2.90. The van der Waals surface area contributed by atoms with E-state index in [9.17, 15) is 8.42 Å². The summed E-state index contributed by atoms with van der Waals surface area (Å²) in [4.78, 5) is 2.16. The molecular weight excluding hydrogens is 288 g/mol. The highest BCUT2D eigenvalue weighted by Crippen LogP contribution is 2.13. The molecule has 1 aliphatic heterocycles. The van der Waals surface area contributed by atoms with Gasteiger partial charge in [-0.25, -0.2) is 8.42 Å². The van der Waals surface area contributed by atoms with Crippen LogP contribution >= 0.6 is 10.7 Å². The molecule has 19 heavy (non-hydrogen) atoms. The highest BCUT2D eigenvalue weighted by atomic mass is 35.7. The zero-order valence-electron chi connectivity index (χ0n) is 10.6. The molecule has 0 unspecified atom stereocenters. The maximum Gasteiger partial charge on any atom is 0.493 e. The van der Waals surface area contributed by atoms with Crippen molar-refractivity contribution in [1.82, 2.24) is 4.90 Å². The fourth-order valence-corrected chi connectivity index (χ4v) is 2.60. The van der Waals surface area contributed by atoms with Gasteiger partial charge in [0.15, 0.2) is 0 Å². The zero-order valence-corrected chi connectivity index (χ0v) is 12.2. The second-order valence-corrected chi connectivity index (χ2v) is 6.95. The summed E-state index contributed by atoms with van der Waals surface area (Å²) in [5, 5.41) is 0. The molecule has 0 radical (unpaired) electrons. The van der Waals surface area contributed by atoms with E-state index in [0.717, 1.165) is 13.1 Å². The van der Waals surface area contributed by atoms with Crippen LogP contribution < -0.4 is 5.46 Å². The maximum absolute atomic E-state index is 11.3. The Labute approximate surface area is 118 Å². The lowest BCUT2D eigenvalue weighted by Gasteiger charge is -2.24. The Morgan fingerprint density at radius 3 is 2.47 bits per heavy atom. The van der Waals surface area contributed by atoms with E-state index in [1.807, 2.05) is 7.05 Å². The van der Waals surface area contributed by atoms with E-state index in [0.29, 0.717) is 18.7 Å². The summed E-state index contributed by atoms with van der Waals surface area (Å²) in [6.07, 6.45) is 0. The lowest BCUT2D eigenvalue weighted by molar-refractivity contribution is 0.132. The molecule has 8 heteroatoms. The standard InChI is InChI=1S/C11H15BClNO4S/c1-14-5-7-17-12(18-8-6-14)10-3-2-4-11(9-10)19(13,15)16/h2-4,9H,5-8H2,1H3. The van der Waals surface area contributed by atoms with Gasteiger partial charge in [0.2, 0.25) is 0 Å². The first-order valence-electron chi connectivity index (χ1n) is 5.93. The number of benzene rings is 1. The fourth-order valence-electron chi connectivity index (χ4n) is 1.80. The molecule has 0 bridgehead atoms. The monoisotopic (exact) mass is 303 g/mol. The number of rotatable bonds is 2. The number of hydrogen-bond donors (Lipinski definition) is 0. The third kappa shape index (κ3) is 4.19. The molecule has 5 nitrogen and oxygen atoms in total. The Balaban J connectivity index is 2.17. The van der Waals surface area contributed by atoms with Crippen molar-refractivity contribution in [1.29, 1.82) is 0 Å². The van der Waals surface area contributed by atoms with Crippen LogP contribution in [0.25, 0.3) is 0 Å². The molecule has 1 aliphatic rings. The van der Waals surface area contributed by atoms with Crippen molar-refractivity contribution in [3.05, 3.63) is 24.3 Å². The predicted octanol–water partition coefficient (Wildman–Crippen LogP) is 0.288. The van der Waals surface area contributed by atoms with Gasteiger partial charge in [-0.2, -0.15) is 0 Å². The van der Waals surface area contributed by atoms with Crippen LogP contribution in [0.15, 0.2) is 29.2 Å². The second-order valence-electron chi connectivity index (χ2n) is 4.39. The van der Waals surface area contributed by atoms with E-state index in [1.165, 1.54) is 12.1 Å². The summed E-state index contributed by atoms with van der Waals surface area (Å²) in [6, 6.07) is 6.32. The molecule has 0 aromatic heterocycles. The molecule has 0 saturated carbocycles. The highest BCUT2D eigenvalue weighted by Gasteiger charge is 2.24. The molecule has 1 saturated heterocycles. The molecule has 2 rings (SSSR count). The molecular formula is C11H15BClNO4S. The predicted molar refractivity (Wildman–Crippen MR) is 74.3 cm³/mol. The fraction of sp³-hybridized carbons (Fsp3) is 0.455. The van der Waals surface area contributed by atoms with Crippen LogP contribution in [0, 0.1) is 0 Å². The Hall–Kier alpha value is -0.595. The van der Waals surface area contributed by atoms with E-state index in [4.69, 9.17) is 20.0 Å². The number of hydrogen-bond acceptors (Lipinski definition) is 5. The molecule has 0 aliphatic carbocycles. The van der Waals surface area contributed by atoms with Gasteiger partial charge in [-0.1, -0.05) is 12.1 Å². The number of likely N-dealkylation sites (N-methyl/N-ethyl adjacent to an activating group) is 1. The summed E-state index contributed by atoms with van der Waals surface area (Å²) in [7, 11) is 3.04. The van der Waals surface area contributed by atoms with Gasteiger partial charge in [0.25, 0.3) is 9.05 Å². The first-order valence-corrected chi connectivity index (χ1v) is 8.24. The highest BCUT2D eigenvalue weighted by molar-refractivity contribution is 8.13. The van der Waals surface area contributed by atoms with Crippen LogP contribution in [0.1, 0.15) is 0 Å². The van der Waals surface area contributed by atoms with Crippen molar-refractivity contribution in [2.75, 3.05) is 33.4 Å². The van der Waals surface area contributed by atoms with Gasteiger partial charge in [-0.15, -0.1) is 0 Å². The summed E-state index contributed by atoms with van der Waals surface area (Å²) < 4.78 is 33.8. The summed E-state index contributed by atoms with van der Waals surface area (Å²) >= 11 is 0. The lowest BCUT2D eigenvalue weighted by Crippen LogP contribution is -2.43. The Bertz CT molecular complexity index is 529. The average molecular weight is 304 g/mol. The van der Waals surface area contributed by atoms with Gasteiger partial charge < -0.3 is 14.2 Å². The van der Waals surface area contributed by atoms with E-state index in [2.05, 4.69) is 4.90 Å². The average Bonchev–Trinajstić information content (AvgIpc) is 2.33. The topological polar surface area (TPSA) is 55.8 Å². The van der Waals surface area contributed by atoms with E-state index < -0.39 is 16.2 Å².